The normalized spacial score (nSPS) is 11.1. The number of benzene rings is 2. The zero-order valence-electron chi connectivity index (χ0n) is 13.9. The molecular formula is C20H17ClN3OS+. The largest absolute Gasteiger partial charge is 0.336 e. The summed E-state index contributed by atoms with van der Waals surface area (Å²) in [6, 6.07) is 17.7. The second-order valence-corrected chi connectivity index (χ2v) is 7.33. The predicted molar refractivity (Wildman–Crippen MR) is 106 cm³/mol. The first-order chi connectivity index (χ1) is 12.7. The van der Waals surface area contributed by atoms with Gasteiger partial charge in [-0.15, -0.1) is 11.3 Å². The molecule has 0 saturated carbocycles. The third-order valence-corrected chi connectivity index (χ3v) is 5.33. The van der Waals surface area contributed by atoms with Gasteiger partial charge in [0.2, 0.25) is 0 Å². The van der Waals surface area contributed by atoms with Gasteiger partial charge >= 0.3 is 0 Å². The van der Waals surface area contributed by atoms with E-state index < -0.39 is 0 Å². The number of H-pyrrole nitrogens is 1. The van der Waals surface area contributed by atoms with Gasteiger partial charge in [-0.2, -0.15) is 0 Å². The second kappa shape index (κ2) is 7.41. The summed E-state index contributed by atoms with van der Waals surface area (Å²) in [5.41, 5.74) is 3.02. The van der Waals surface area contributed by atoms with E-state index in [4.69, 9.17) is 11.6 Å². The third-order valence-electron chi connectivity index (χ3n) is 4.21. The van der Waals surface area contributed by atoms with Crippen molar-refractivity contribution in [3.05, 3.63) is 86.7 Å². The van der Waals surface area contributed by atoms with Crippen LogP contribution in [0, 0.1) is 0 Å². The lowest BCUT2D eigenvalue weighted by atomic mass is 10.1. The van der Waals surface area contributed by atoms with Crippen molar-refractivity contribution >= 4 is 33.2 Å². The van der Waals surface area contributed by atoms with E-state index in [1.165, 1.54) is 16.9 Å². The first kappa shape index (κ1) is 17.0. The van der Waals surface area contributed by atoms with Crippen LogP contribution >= 0.6 is 22.9 Å². The molecule has 0 atom stereocenters. The van der Waals surface area contributed by atoms with E-state index in [1.54, 1.807) is 0 Å². The lowest BCUT2D eigenvalue weighted by Crippen LogP contribution is -2.81. The molecule has 130 valence electrons. The molecule has 26 heavy (non-hydrogen) atoms. The lowest BCUT2D eigenvalue weighted by molar-refractivity contribution is -0.687. The molecule has 0 bridgehead atoms. The zero-order valence-corrected chi connectivity index (χ0v) is 15.5. The molecule has 0 aliphatic heterocycles. The van der Waals surface area contributed by atoms with Gasteiger partial charge in [-0.05, 0) is 17.7 Å². The molecule has 3 N–H and O–H groups in total. The van der Waals surface area contributed by atoms with E-state index in [0.29, 0.717) is 22.8 Å². The fourth-order valence-electron chi connectivity index (χ4n) is 2.92. The van der Waals surface area contributed by atoms with Crippen LogP contribution < -0.4 is 10.9 Å². The van der Waals surface area contributed by atoms with Crippen molar-refractivity contribution < 1.29 is 5.32 Å². The molecule has 0 saturated heterocycles. The van der Waals surface area contributed by atoms with Gasteiger partial charge in [0.25, 0.3) is 5.56 Å². The van der Waals surface area contributed by atoms with E-state index in [9.17, 15) is 4.79 Å². The number of nitrogens with one attached hydrogen (secondary N) is 1. The summed E-state index contributed by atoms with van der Waals surface area (Å²) in [6.45, 7) is 1.48. The van der Waals surface area contributed by atoms with Crippen molar-refractivity contribution in [2.75, 3.05) is 0 Å². The molecule has 0 unspecified atom stereocenters. The summed E-state index contributed by atoms with van der Waals surface area (Å²) < 4.78 is 0. The molecule has 0 radical (unpaired) electrons. The van der Waals surface area contributed by atoms with E-state index in [2.05, 4.69) is 27.4 Å². The van der Waals surface area contributed by atoms with Crippen molar-refractivity contribution in [2.24, 2.45) is 0 Å². The van der Waals surface area contributed by atoms with Gasteiger partial charge in [0.1, 0.15) is 17.9 Å². The van der Waals surface area contributed by atoms with Gasteiger partial charge < -0.3 is 10.3 Å². The maximum Gasteiger partial charge on any atom is 0.260 e. The Balaban J connectivity index is 1.58. The Morgan fingerprint density at radius 2 is 1.81 bits per heavy atom. The number of thiophene rings is 1. The van der Waals surface area contributed by atoms with Crippen LogP contribution in [0.4, 0.5) is 0 Å². The van der Waals surface area contributed by atoms with Gasteiger partial charge in [-0.25, -0.2) is 4.98 Å². The number of nitrogens with two attached hydrogens (primary N) is 1. The summed E-state index contributed by atoms with van der Waals surface area (Å²) in [5.74, 6) is 0.697. The number of aromatic amines is 1. The van der Waals surface area contributed by atoms with Crippen LogP contribution in [-0.2, 0) is 13.1 Å². The number of rotatable bonds is 5. The quantitative estimate of drug-likeness (QED) is 0.554. The van der Waals surface area contributed by atoms with Crippen LogP contribution in [0.3, 0.4) is 0 Å². The van der Waals surface area contributed by atoms with Crippen molar-refractivity contribution in [1.29, 1.82) is 0 Å². The molecule has 4 aromatic rings. The van der Waals surface area contributed by atoms with Crippen molar-refractivity contribution in [2.45, 2.75) is 13.1 Å². The van der Waals surface area contributed by atoms with Crippen LogP contribution in [-0.4, -0.2) is 9.97 Å². The molecule has 0 aliphatic rings. The Hall–Kier alpha value is -2.47. The first-order valence-corrected chi connectivity index (χ1v) is 9.58. The van der Waals surface area contributed by atoms with Gasteiger partial charge in [-0.1, -0.05) is 54.1 Å². The monoisotopic (exact) mass is 382 g/mol. The van der Waals surface area contributed by atoms with Crippen LogP contribution in [0.25, 0.3) is 21.3 Å². The summed E-state index contributed by atoms with van der Waals surface area (Å²) >= 11 is 7.45. The van der Waals surface area contributed by atoms with E-state index in [1.807, 2.05) is 47.8 Å². The summed E-state index contributed by atoms with van der Waals surface area (Å²) in [7, 11) is 0. The van der Waals surface area contributed by atoms with Crippen LogP contribution in [0.2, 0.25) is 5.02 Å². The standard InChI is InChI=1S/C20H16ClN3OS/c21-15-8-6-14(7-9-15)16-12-26-20-18(16)19(25)23-17(24-20)11-22-10-13-4-2-1-3-5-13/h1-9,12,22H,10-11H2,(H,23,24,25)/p+1. The molecule has 0 spiro atoms. The lowest BCUT2D eigenvalue weighted by Gasteiger charge is -2.03. The number of halogens is 1. The summed E-state index contributed by atoms with van der Waals surface area (Å²) in [5, 5.41) is 5.43. The Morgan fingerprint density at radius 3 is 2.58 bits per heavy atom. The highest BCUT2D eigenvalue weighted by Crippen LogP contribution is 2.31. The highest BCUT2D eigenvalue weighted by Gasteiger charge is 2.13. The van der Waals surface area contributed by atoms with Gasteiger partial charge in [0.15, 0.2) is 5.82 Å². The molecule has 0 amide bonds. The number of hydrogen-bond donors (Lipinski definition) is 2. The molecule has 2 aromatic heterocycles. The van der Waals surface area contributed by atoms with Gasteiger partial charge in [-0.3, -0.25) is 4.79 Å². The minimum absolute atomic E-state index is 0.0932. The molecule has 4 nitrogen and oxygen atoms in total. The fourth-order valence-corrected chi connectivity index (χ4v) is 4.01. The zero-order chi connectivity index (χ0) is 17.9. The fraction of sp³-hybridized carbons (Fsp3) is 0.100. The average Bonchev–Trinajstić information content (AvgIpc) is 3.08. The van der Waals surface area contributed by atoms with Crippen LogP contribution in [0.5, 0.6) is 0 Å². The minimum atomic E-state index is -0.0932. The van der Waals surface area contributed by atoms with Crippen molar-refractivity contribution in [3.8, 4) is 11.1 Å². The maximum absolute atomic E-state index is 12.6. The van der Waals surface area contributed by atoms with Gasteiger partial charge in [0, 0.05) is 21.5 Å². The second-order valence-electron chi connectivity index (χ2n) is 6.03. The SMILES string of the molecule is O=c1[nH]c(C[NH2+]Cc2ccccc2)nc2scc(-c3ccc(Cl)cc3)c12. The highest BCUT2D eigenvalue weighted by atomic mass is 35.5. The summed E-state index contributed by atoms with van der Waals surface area (Å²) in [6.07, 6.45) is 0. The molecule has 2 heterocycles. The maximum atomic E-state index is 12.6. The van der Waals surface area contributed by atoms with Crippen LogP contribution in [0.15, 0.2) is 64.8 Å². The predicted octanol–water partition coefficient (Wildman–Crippen LogP) is 3.57. The van der Waals surface area contributed by atoms with E-state index in [-0.39, 0.29) is 5.56 Å². The average molecular weight is 383 g/mol. The third kappa shape index (κ3) is 3.55. The smallest absolute Gasteiger partial charge is 0.260 e. The van der Waals surface area contributed by atoms with Crippen molar-refractivity contribution in [3.63, 3.8) is 0 Å². The number of hydrogen-bond acceptors (Lipinski definition) is 3. The van der Waals surface area contributed by atoms with Crippen LogP contribution in [0.1, 0.15) is 11.4 Å². The highest BCUT2D eigenvalue weighted by molar-refractivity contribution is 7.17. The first-order valence-electron chi connectivity index (χ1n) is 8.32. The Labute approximate surface area is 159 Å². The molecule has 0 fully saturated rings. The molecule has 6 heteroatoms. The number of aromatic nitrogens is 2. The van der Waals surface area contributed by atoms with Gasteiger partial charge in [0.05, 0.1) is 5.39 Å². The molecule has 0 aliphatic carbocycles. The van der Waals surface area contributed by atoms with E-state index >= 15 is 0 Å². The topological polar surface area (TPSA) is 62.4 Å². The number of quaternary nitrogens is 1. The summed E-state index contributed by atoms with van der Waals surface area (Å²) in [4.78, 5) is 21.0. The Morgan fingerprint density at radius 1 is 1.04 bits per heavy atom. The Bertz CT molecular complexity index is 1090. The van der Waals surface area contributed by atoms with E-state index in [0.717, 1.165) is 22.5 Å². The Kier molecular flexibility index (Phi) is 4.84. The molecule has 2 aromatic carbocycles. The van der Waals surface area contributed by atoms with Crippen molar-refractivity contribution in [1.82, 2.24) is 9.97 Å². The minimum Gasteiger partial charge on any atom is -0.336 e. The molecular weight excluding hydrogens is 366 g/mol. The number of fused-ring (bicyclic) bond motifs is 1. The molecule has 4 rings (SSSR count). The number of nitrogens with zero attached hydrogens (tertiary/aromatic N) is 1.